The SMILES string of the molecule is O=C(O)C1CCCC(Cc2c(F)ccc(Br)c2F)N1. The van der Waals surface area contributed by atoms with Gasteiger partial charge in [0, 0.05) is 11.6 Å². The highest BCUT2D eigenvalue weighted by Gasteiger charge is 2.27. The van der Waals surface area contributed by atoms with E-state index in [2.05, 4.69) is 21.2 Å². The lowest BCUT2D eigenvalue weighted by molar-refractivity contribution is -0.140. The Labute approximate surface area is 118 Å². The van der Waals surface area contributed by atoms with Crippen molar-refractivity contribution in [3.63, 3.8) is 0 Å². The molecule has 6 heteroatoms. The molecule has 1 aromatic carbocycles. The molecule has 3 nitrogen and oxygen atoms in total. The quantitative estimate of drug-likeness (QED) is 0.836. The molecular formula is C13H14BrF2NO2. The van der Waals surface area contributed by atoms with E-state index in [1.165, 1.54) is 12.1 Å². The summed E-state index contributed by atoms with van der Waals surface area (Å²) < 4.78 is 27.7. The minimum absolute atomic E-state index is 0.00193. The predicted molar refractivity (Wildman–Crippen MR) is 70.0 cm³/mol. The number of benzene rings is 1. The Hall–Kier alpha value is -1.01. The zero-order valence-corrected chi connectivity index (χ0v) is 11.7. The largest absolute Gasteiger partial charge is 0.480 e. The Morgan fingerprint density at radius 3 is 2.84 bits per heavy atom. The van der Waals surface area contributed by atoms with Gasteiger partial charge in [-0.3, -0.25) is 4.79 Å². The van der Waals surface area contributed by atoms with Gasteiger partial charge in [-0.05, 0) is 53.7 Å². The Morgan fingerprint density at radius 1 is 1.42 bits per heavy atom. The summed E-state index contributed by atoms with van der Waals surface area (Å²) in [5, 5.41) is 11.9. The molecule has 1 aliphatic rings. The van der Waals surface area contributed by atoms with Gasteiger partial charge in [0.1, 0.15) is 17.7 Å². The maximum atomic E-state index is 13.8. The molecule has 2 unspecified atom stereocenters. The molecule has 0 aromatic heterocycles. The van der Waals surface area contributed by atoms with Crippen LogP contribution in [0.5, 0.6) is 0 Å². The van der Waals surface area contributed by atoms with Crippen molar-refractivity contribution in [3.05, 3.63) is 33.8 Å². The number of rotatable bonds is 3. The van der Waals surface area contributed by atoms with Gasteiger partial charge in [-0.2, -0.15) is 0 Å². The third-order valence-corrected chi connectivity index (χ3v) is 3.98. The molecule has 0 bridgehead atoms. The van der Waals surface area contributed by atoms with Crippen molar-refractivity contribution < 1.29 is 18.7 Å². The molecule has 2 rings (SSSR count). The van der Waals surface area contributed by atoms with Gasteiger partial charge in [-0.1, -0.05) is 0 Å². The lowest BCUT2D eigenvalue weighted by Crippen LogP contribution is -2.47. The molecule has 1 fully saturated rings. The van der Waals surface area contributed by atoms with E-state index in [0.29, 0.717) is 6.42 Å². The van der Waals surface area contributed by atoms with Gasteiger partial charge in [-0.15, -0.1) is 0 Å². The summed E-state index contributed by atoms with van der Waals surface area (Å²) in [7, 11) is 0. The van der Waals surface area contributed by atoms with Crippen molar-refractivity contribution in [1.29, 1.82) is 0 Å². The minimum Gasteiger partial charge on any atom is -0.480 e. The van der Waals surface area contributed by atoms with E-state index in [9.17, 15) is 13.6 Å². The monoisotopic (exact) mass is 333 g/mol. The van der Waals surface area contributed by atoms with Crippen LogP contribution in [0.25, 0.3) is 0 Å². The highest BCUT2D eigenvalue weighted by molar-refractivity contribution is 9.10. The summed E-state index contributed by atoms with van der Waals surface area (Å²) in [6.45, 7) is 0. The van der Waals surface area contributed by atoms with Gasteiger partial charge in [0.2, 0.25) is 0 Å². The summed E-state index contributed by atoms with van der Waals surface area (Å²) in [6.07, 6.45) is 2.16. The predicted octanol–water partition coefficient (Wildman–Crippen LogP) is 2.87. The van der Waals surface area contributed by atoms with Gasteiger partial charge in [0.05, 0.1) is 4.47 Å². The molecule has 1 heterocycles. The van der Waals surface area contributed by atoms with Crippen molar-refractivity contribution in [2.75, 3.05) is 0 Å². The van der Waals surface area contributed by atoms with Crippen LogP contribution in [-0.4, -0.2) is 23.2 Å². The fraction of sp³-hybridized carbons (Fsp3) is 0.462. The topological polar surface area (TPSA) is 49.3 Å². The summed E-state index contributed by atoms with van der Waals surface area (Å²) >= 11 is 3.02. The van der Waals surface area contributed by atoms with Crippen LogP contribution >= 0.6 is 15.9 Å². The highest BCUT2D eigenvalue weighted by atomic mass is 79.9. The molecule has 2 N–H and O–H groups in total. The van der Waals surface area contributed by atoms with Crippen molar-refractivity contribution in [2.45, 2.75) is 37.8 Å². The number of aliphatic carboxylic acids is 1. The fourth-order valence-corrected chi connectivity index (χ4v) is 2.75. The number of nitrogens with one attached hydrogen (secondary N) is 1. The molecule has 2 atom stereocenters. The number of carboxylic acid groups (broad SMARTS) is 1. The molecule has 0 radical (unpaired) electrons. The van der Waals surface area contributed by atoms with Crippen LogP contribution < -0.4 is 5.32 Å². The van der Waals surface area contributed by atoms with E-state index in [1.807, 2.05) is 0 Å². The van der Waals surface area contributed by atoms with Crippen LogP contribution in [0.4, 0.5) is 8.78 Å². The maximum Gasteiger partial charge on any atom is 0.320 e. The number of halogens is 3. The van der Waals surface area contributed by atoms with Crippen LogP contribution in [-0.2, 0) is 11.2 Å². The summed E-state index contributed by atoms with van der Waals surface area (Å²) in [5.41, 5.74) is -0.00193. The average Bonchev–Trinajstić information content (AvgIpc) is 2.39. The highest BCUT2D eigenvalue weighted by Crippen LogP contribution is 2.25. The number of piperidine rings is 1. The zero-order valence-electron chi connectivity index (χ0n) is 10.1. The lowest BCUT2D eigenvalue weighted by atomic mass is 9.93. The smallest absolute Gasteiger partial charge is 0.320 e. The van der Waals surface area contributed by atoms with E-state index in [1.54, 1.807) is 0 Å². The van der Waals surface area contributed by atoms with Crippen LogP contribution in [0.2, 0.25) is 0 Å². The molecule has 0 amide bonds. The van der Waals surface area contributed by atoms with E-state index in [4.69, 9.17) is 5.11 Å². The first kappa shape index (κ1) is 14.4. The van der Waals surface area contributed by atoms with Gasteiger partial charge < -0.3 is 10.4 Å². The fourth-order valence-electron chi connectivity index (χ4n) is 2.38. The summed E-state index contributed by atoms with van der Waals surface area (Å²) in [4.78, 5) is 10.9. The lowest BCUT2D eigenvalue weighted by Gasteiger charge is -2.28. The average molecular weight is 334 g/mol. The Kier molecular flexibility index (Phi) is 4.52. The van der Waals surface area contributed by atoms with Gasteiger partial charge in [-0.25, -0.2) is 8.78 Å². The Bertz CT molecular complexity index is 496. The van der Waals surface area contributed by atoms with Crippen molar-refractivity contribution in [2.24, 2.45) is 0 Å². The molecular weight excluding hydrogens is 320 g/mol. The van der Waals surface area contributed by atoms with E-state index in [0.717, 1.165) is 12.8 Å². The van der Waals surface area contributed by atoms with Gasteiger partial charge >= 0.3 is 5.97 Å². The molecule has 0 spiro atoms. The Morgan fingerprint density at radius 2 is 2.16 bits per heavy atom. The molecule has 104 valence electrons. The van der Waals surface area contributed by atoms with Crippen LogP contribution in [0.1, 0.15) is 24.8 Å². The second kappa shape index (κ2) is 5.96. The van der Waals surface area contributed by atoms with Gasteiger partial charge in [0.25, 0.3) is 0 Å². The molecule has 1 aromatic rings. The number of hydrogen-bond acceptors (Lipinski definition) is 2. The minimum atomic E-state index is -0.917. The second-order valence-electron chi connectivity index (χ2n) is 4.71. The first-order chi connectivity index (χ1) is 8.99. The third-order valence-electron chi connectivity index (χ3n) is 3.37. The standard InChI is InChI=1S/C13H14BrF2NO2/c14-9-4-5-10(15)8(12(9)16)6-7-2-1-3-11(17-7)13(18)19/h4-5,7,11,17H,1-3,6H2,(H,18,19). The normalized spacial score (nSPS) is 23.3. The zero-order chi connectivity index (χ0) is 14.0. The number of hydrogen-bond donors (Lipinski definition) is 2. The van der Waals surface area contributed by atoms with Crippen molar-refractivity contribution >= 4 is 21.9 Å². The first-order valence-corrected chi connectivity index (χ1v) is 6.89. The molecule has 0 saturated carbocycles. The van der Waals surface area contributed by atoms with E-state index in [-0.39, 0.29) is 22.5 Å². The summed E-state index contributed by atoms with van der Waals surface area (Å²) in [5.74, 6) is -2.13. The third kappa shape index (κ3) is 3.30. The summed E-state index contributed by atoms with van der Waals surface area (Å²) in [6, 6.07) is 1.69. The molecule has 1 aliphatic heterocycles. The second-order valence-corrected chi connectivity index (χ2v) is 5.57. The van der Waals surface area contributed by atoms with Gasteiger partial charge in [0.15, 0.2) is 0 Å². The maximum absolute atomic E-state index is 13.8. The van der Waals surface area contributed by atoms with Crippen molar-refractivity contribution in [1.82, 2.24) is 5.32 Å². The molecule has 1 saturated heterocycles. The van der Waals surface area contributed by atoms with Crippen LogP contribution in [0.15, 0.2) is 16.6 Å². The number of carboxylic acids is 1. The van der Waals surface area contributed by atoms with Crippen LogP contribution in [0.3, 0.4) is 0 Å². The Balaban J connectivity index is 2.13. The van der Waals surface area contributed by atoms with Crippen LogP contribution in [0, 0.1) is 11.6 Å². The molecule has 19 heavy (non-hydrogen) atoms. The molecule has 0 aliphatic carbocycles. The number of carbonyl (C=O) groups is 1. The van der Waals surface area contributed by atoms with Crippen molar-refractivity contribution in [3.8, 4) is 0 Å². The van der Waals surface area contributed by atoms with E-state index < -0.39 is 23.6 Å². The van der Waals surface area contributed by atoms with E-state index >= 15 is 0 Å². The first-order valence-electron chi connectivity index (χ1n) is 6.10.